The third-order valence-corrected chi connectivity index (χ3v) is 0.512. The molecular formula is C4H10N4O. The van der Waals surface area contributed by atoms with Crippen LogP contribution in [0.25, 0.3) is 0 Å². The van der Waals surface area contributed by atoms with E-state index in [4.69, 9.17) is 5.84 Å². The van der Waals surface area contributed by atoms with Gasteiger partial charge in [-0.25, -0.2) is 16.1 Å². The largest absolute Gasteiger partial charge is 0.349 e. The zero-order valence-corrected chi connectivity index (χ0v) is 5.43. The Morgan fingerprint density at radius 2 is 2.11 bits per heavy atom. The Labute approximate surface area is 53.3 Å². The Bertz CT molecular complexity index is 127. The predicted octanol–water partition coefficient (Wildman–Crippen LogP) is -0.445. The molecule has 0 atom stereocenters. The van der Waals surface area contributed by atoms with E-state index in [1.54, 1.807) is 13.8 Å². The van der Waals surface area contributed by atoms with Crippen LogP contribution in [0.15, 0.2) is 5.10 Å². The van der Waals surface area contributed by atoms with Gasteiger partial charge < -0.3 is 0 Å². The number of hydrogen-bond acceptors (Lipinski definition) is 3. The van der Waals surface area contributed by atoms with Gasteiger partial charge in [-0.3, -0.25) is 5.43 Å². The number of nitrogens with one attached hydrogen (secondary N) is 2. The fourth-order valence-electron chi connectivity index (χ4n) is 0.195. The Hall–Kier alpha value is -1.10. The average molecular weight is 130 g/mol. The fourth-order valence-corrected chi connectivity index (χ4v) is 0.195. The first kappa shape index (κ1) is 7.90. The SMILES string of the molecule is CC(C)=NNC(=O)NN. The molecular weight excluding hydrogens is 120 g/mol. The lowest BCUT2D eigenvalue weighted by molar-refractivity contribution is 0.241. The number of nitrogens with zero attached hydrogens (tertiary/aromatic N) is 1. The molecule has 0 rings (SSSR count). The topological polar surface area (TPSA) is 79.5 Å². The number of nitrogens with two attached hydrogens (primary N) is 1. The molecule has 0 aromatic carbocycles. The second-order valence-electron chi connectivity index (χ2n) is 1.64. The van der Waals surface area contributed by atoms with Gasteiger partial charge in [-0.2, -0.15) is 5.10 Å². The van der Waals surface area contributed by atoms with E-state index in [1.165, 1.54) is 0 Å². The highest BCUT2D eigenvalue weighted by Gasteiger charge is 1.89. The van der Waals surface area contributed by atoms with E-state index >= 15 is 0 Å². The van der Waals surface area contributed by atoms with Crippen LogP contribution >= 0.6 is 0 Å². The normalized spacial score (nSPS) is 7.89. The molecule has 0 aliphatic rings. The molecule has 0 radical (unpaired) electrons. The molecule has 0 saturated heterocycles. The summed E-state index contributed by atoms with van der Waals surface area (Å²) in [7, 11) is 0. The van der Waals surface area contributed by atoms with Gasteiger partial charge in [0.25, 0.3) is 0 Å². The van der Waals surface area contributed by atoms with Crippen LogP contribution in [0.3, 0.4) is 0 Å². The molecule has 5 heteroatoms. The number of carbonyl (C=O) groups excluding carboxylic acids is 1. The molecule has 0 spiro atoms. The van der Waals surface area contributed by atoms with Gasteiger partial charge in [0.2, 0.25) is 0 Å². The van der Waals surface area contributed by atoms with E-state index in [9.17, 15) is 4.79 Å². The highest BCUT2D eigenvalue weighted by molar-refractivity contribution is 5.81. The molecule has 4 N–H and O–H groups in total. The number of hydrazone groups is 1. The molecule has 0 heterocycles. The number of hydrogen-bond donors (Lipinski definition) is 3. The second-order valence-corrected chi connectivity index (χ2v) is 1.64. The molecule has 0 aliphatic heterocycles. The first-order valence-electron chi connectivity index (χ1n) is 2.44. The summed E-state index contributed by atoms with van der Waals surface area (Å²) in [5.41, 5.74) is 4.77. The van der Waals surface area contributed by atoms with Crippen LogP contribution in [0.2, 0.25) is 0 Å². The van der Waals surface area contributed by atoms with Crippen LogP contribution in [0, 0.1) is 0 Å². The number of rotatable bonds is 1. The molecule has 0 aromatic heterocycles. The van der Waals surface area contributed by atoms with Crippen molar-refractivity contribution in [3.63, 3.8) is 0 Å². The lowest BCUT2D eigenvalue weighted by Crippen LogP contribution is -2.37. The molecule has 9 heavy (non-hydrogen) atoms. The summed E-state index contributed by atoms with van der Waals surface area (Å²) >= 11 is 0. The molecule has 0 saturated carbocycles. The number of carbonyl (C=O) groups is 1. The van der Waals surface area contributed by atoms with Gasteiger partial charge in [0.15, 0.2) is 0 Å². The van der Waals surface area contributed by atoms with E-state index in [0.29, 0.717) is 0 Å². The first-order chi connectivity index (χ1) is 4.16. The zero-order chi connectivity index (χ0) is 7.28. The summed E-state index contributed by atoms with van der Waals surface area (Å²) in [4.78, 5) is 10.3. The Kier molecular flexibility index (Phi) is 3.38. The van der Waals surface area contributed by atoms with Crippen molar-refractivity contribution in [3.8, 4) is 0 Å². The minimum Gasteiger partial charge on any atom is -0.274 e. The maximum absolute atomic E-state index is 10.3. The number of urea groups is 1. The molecule has 0 aliphatic carbocycles. The zero-order valence-electron chi connectivity index (χ0n) is 5.43. The number of hydrazine groups is 1. The van der Waals surface area contributed by atoms with Crippen molar-refractivity contribution in [2.24, 2.45) is 10.9 Å². The van der Waals surface area contributed by atoms with Crippen LogP contribution in [-0.4, -0.2) is 11.7 Å². The van der Waals surface area contributed by atoms with Gasteiger partial charge in [0.1, 0.15) is 0 Å². The molecule has 2 amide bonds. The van der Waals surface area contributed by atoms with E-state index in [0.717, 1.165) is 5.71 Å². The smallest absolute Gasteiger partial charge is 0.274 e. The summed E-state index contributed by atoms with van der Waals surface area (Å²) in [6.07, 6.45) is 0. The van der Waals surface area contributed by atoms with Crippen molar-refractivity contribution in [1.82, 2.24) is 10.9 Å². The van der Waals surface area contributed by atoms with Gasteiger partial charge in [-0.05, 0) is 13.8 Å². The third kappa shape index (κ3) is 4.76. The monoisotopic (exact) mass is 130 g/mol. The van der Waals surface area contributed by atoms with Gasteiger partial charge in [0, 0.05) is 5.71 Å². The Morgan fingerprint density at radius 1 is 1.56 bits per heavy atom. The van der Waals surface area contributed by atoms with Gasteiger partial charge >= 0.3 is 6.03 Å². The summed E-state index contributed by atoms with van der Waals surface area (Å²) in [5, 5.41) is 3.57. The van der Waals surface area contributed by atoms with Gasteiger partial charge in [-0.1, -0.05) is 0 Å². The number of amides is 2. The summed E-state index contributed by atoms with van der Waals surface area (Å²) in [6, 6.07) is -0.517. The van der Waals surface area contributed by atoms with Crippen LogP contribution in [0.1, 0.15) is 13.8 Å². The van der Waals surface area contributed by atoms with E-state index < -0.39 is 6.03 Å². The van der Waals surface area contributed by atoms with Crippen LogP contribution in [0.5, 0.6) is 0 Å². The molecule has 0 aromatic rings. The fraction of sp³-hybridized carbons (Fsp3) is 0.500. The maximum Gasteiger partial charge on any atom is 0.349 e. The van der Waals surface area contributed by atoms with E-state index in [2.05, 4.69) is 10.5 Å². The van der Waals surface area contributed by atoms with Crippen LogP contribution < -0.4 is 16.7 Å². The van der Waals surface area contributed by atoms with Crippen LogP contribution in [0.4, 0.5) is 4.79 Å². The minimum atomic E-state index is -0.517. The minimum absolute atomic E-state index is 0.517. The first-order valence-corrected chi connectivity index (χ1v) is 2.44. The molecule has 52 valence electrons. The van der Waals surface area contributed by atoms with Crippen molar-refractivity contribution in [2.45, 2.75) is 13.8 Å². The van der Waals surface area contributed by atoms with E-state index in [1.807, 2.05) is 5.43 Å². The summed E-state index contributed by atoms with van der Waals surface area (Å²) in [5.74, 6) is 4.73. The molecule has 5 nitrogen and oxygen atoms in total. The molecule has 0 unspecified atom stereocenters. The maximum atomic E-state index is 10.3. The van der Waals surface area contributed by atoms with Crippen molar-refractivity contribution in [2.75, 3.05) is 0 Å². The lowest BCUT2D eigenvalue weighted by Gasteiger charge is -1.95. The van der Waals surface area contributed by atoms with Crippen molar-refractivity contribution < 1.29 is 4.79 Å². The van der Waals surface area contributed by atoms with Crippen molar-refractivity contribution in [1.29, 1.82) is 0 Å². The lowest BCUT2D eigenvalue weighted by atomic mass is 10.5. The highest BCUT2D eigenvalue weighted by atomic mass is 16.2. The standard InChI is InChI=1S/C4H10N4O/c1-3(2)7-8-4(9)6-5/h5H2,1-2H3,(H2,6,8,9). The van der Waals surface area contributed by atoms with E-state index in [-0.39, 0.29) is 0 Å². The molecule has 0 bridgehead atoms. The average Bonchev–Trinajstić information content (AvgIpc) is 1.83. The van der Waals surface area contributed by atoms with Gasteiger partial charge in [0.05, 0.1) is 0 Å². The summed E-state index contributed by atoms with van der Waals surface area (Å²) in [6.45, 7) is 3.52. The second kappa shape index (κ2) is 3.85. The quantitative estimate of drug-likeness (QED) is 0.194. The van der Waals surface area contributed by atoms with Gasteiger partial charge in [-0.15, -0.1) is 0 Å². The Morgan fingerprint density at radius 3 is 2.44 bits per heavy atom. The van der Waals surface area contributed by atoms with Crippen LogP contribution in [-0.2, 0) is 0 Å². The Balaban J connectivity index is 3.50. The third-order valence-electron chi connectivity index (χ3n) is 0.512. The highest BCUT2D eigenvalue weighted by Crippen LogP contribution is 1.68. The summed E-state index contributed by atoms with van der Waals surface area (Å²) < 4.78 is 0. The van der Waals surface area contributed by atoms with Crippen molar-refractivity contribution in [3.05, 3.63) is 0 Å². The molecule has 0 fully saturated rings. The van der Waals surface area contributed by atoms with Crippen molar-refractivity contribution >= 4 is 11.7 Å². The predicted molar refractivity (Wildman–Crippen MR) is 34.6 cm³/mol.